The highest BCUT2D eigenvalue weighted by molar-refractivity contribution is 7.13. The maximum Gasteiger partial charge on any atom is 0.341 e. The highest BCUT2D eigenvalue weighted by atomic mass is 32.1. The van der Waals surface area contributed by atoms with Crippen molar-refractivity contribution in [3.8, 4) is 16.3 Å². The smallest absolute Gasteiger partial charge is 0.341 e. The molecule has 1 aliphatic heterocycles. The number of nitrogens with one attached hydrogen (secondary N) is 1. The lowest BCUT2D eigenvalue weighted by Gasteiger charge is -2.38. The van der Waals surface area contributed by atoms with Crippen LogP contribution in [0.15, 0.2) is 40.4 Å². The molecule has 2 aromatic heterocycles. The Morgan fingerprint density at radius 2 is 1.85 bits per heavy atom. The van der Waals surface area contributed by atoms with Gasteiger partial charge >= 0.3 is 5.97 Å². The minimum Gasteiger partial charge on any atom is -0.479 e. The van der Waals surface area contributed by atoms with Crippen LogP contribution >= 0.6 is 11.3 Å². The van der Waals surface area contributed by atoms with Crippen LogP contribution < -0.4 is 10.1 Å². The third kappa shape index (κ3) is 8.05. The van der Waals surface area contributed by atoms with Crippen molar-refractivity contribution in [2.24, 2.45) is 5.92 Å². The first-order chi connectivity index (χ1) is 21.5. The zero-order valence-electron chi connectivity index (χ0n) is 28.1. The molecule has 3 heterocycles. The molecule has 1 aliphatic rings. The number of carbonyl (C=O) groups excluding carboxylic acids is 2. The van der Waals surface area contributed by atoms with Crippen LogP contribution in [0.25, 0.3) is 10.4 Å². The zero-order valence-corrected chi connectivity index (χ0v) is 29.9. The molecule has 1 aromatic carbocycles. The molecule has 0 bridgehead atoms. The van der Waals surface area contributed by atoms with Gasteiger partial charge in [0.1, 0.15) is 12.0 Å². The summed E-state index contributed by atoms with van der Waals surface area (Å²) < 4.78 is 17.4. The van der Waals surface area contributed by atoms with Crippen LogP contribution in [-0.2, 0) is 18.8 Å². The van der Waals surface area contributed by atoms with E-state index < -0.39 is 32.9 Å². The summed E-state index contributed by atoms with van der Waals surface area (Å²) in [6.07, 6.45) is 0.0593. The van der Waals surface area contributed by atoms with Crippen molar-refractivity contribution in [3.05, 3.63) is 52.9 Å². The number of carbonyl (C=O) groups is 3. The Morgan fingerprint density at radius 1 is 1.17 bits per heavy atom. The highest BCUT2D eigenvalue weighted by Crippen LogP contribution is 2.40. The van der Waals surface area contributed by atoms with Crippen molar-refractivity contribution in [1.82, 2.24) is 20.4 Å². The van der Waals surface area contributed by atoms with E-state index in [2.05, 4.69) is 49.3 Å². The molecular weight excluding hydrogens is 625 g/mol. The Balaban J connectivity index is 1.57. The second kappa shape index (κ2) is 14.1. The fourth-order valence-electron chi connectivity index (χ4n) is 5.40. The second-order valence-corrected chi connectivity index (χ2v) is 19.4. The van der Waals surface area contributed by atoms with Gasteiger partial charge in [-0.1, -0.05) is 58.9 Å². The number of carboxylic acid groups (broad SMARTS) is 1. The lowest BCUT2D eigenvalue weighted by atomic mass is 9.91. The molecule has 11 nitrogen and oxygen atoms in total. The molecule has 1 saturated heterocycles. The van der Waals surface area contributed by atoms with Gasteiger partial charge in [-0.2, -0.15) is 0 Å². The van der Waals surface area contributed by atoms with E-state index in [-0.39, 0.29) is 53.1 Å². The van der Waals surface area contributed by atoms with E-state index in [9.17, 15) is 14.4 Å². The van der Waals surface area contributed by atoms with Crippen LogP contribution in [0.2, 0.25) is 18.1 Å². The Morgan fingerprint density at radius 3 is 2.41 bits per heavy atom. The predicted molar refractivity (Wildman–Crippen MR) is 178 cm³/mol. The first-order valence-electron chi connectivity index (χ1n) is 15.6. The van der Waals surface area contributed by atoms with E-state index in [1.807, 2.05) is 57.5 Å². The van der Waals surface area contributed by atoms with Gasteiger partial charge in [-0.25, -0.2) is 9.78 Å². The molecule has 1 unspecified atom stereocenters. The Labute approximate surface area is 275 Å². The number of ether oxygens (including phenoxy) is 1. The molecule has 0 radical (unpaired) electrons. The topological polar surface area (TPSA) is 144 Å². The number of benzene rings is 1. The molecule has 4 atom stereocenters. The van der Waals surface area contributed by atoms with Crippen molar-refractivity contribution < 1.29 is 33.2 Å². The summed E-state index contributed by atoms with van der Waals surface area (Å²) in [4.78, 5) is 46.3. The van der Waals surface area contributed by atoms with Crippen molar-refractivity contribution in [1.29, 1.82) is 0 Å². The minimum absolute atomic E-state index is 0.0175. The summed E-state index contributed by atoms with van der Waals surface area (Å²) in [5.74, 6) is -2.44. The monoisotopic (exact) mass is 670 g/mol. The van der Waals surface area contributed by atoms with Crippen LogP contribution in [0.5, 0.6) is 5.88 Å². The summed E-state index contributed by atoms with van der Waals surface area (Å²) in [5, 5.41) is 15.9. The quantitative estimate of drug-likeness (QED) is 0.216. The second-order valence-electron chi connectivity index (χ2n) is 13.8. The van der Waals surface area contributed by atoms with Gasteiger partial charge in [0.25, 0.3) is 5.88 Å². The molecule has 13 heteroatoms. The van der Waals surface area contributed by atoms with Crippen LogP contribution in [0.1, 0.15) is 76.9 Å². The van der Waals surface area contributed by atoms with Gasteiger partial charge in [-0.05, 0) is 54.2 Å². The van der Waals surface area contributed by atoms with Crippen LogP contribution in [0, 0.1) is 12.8 Å². The van der Waals surface area contributed by atoms with Gasteiger partial charge in [0.2, 0.25) is 11.8 Å². The molecule has 0 aliphatic carbocycles. The maximum atomic E-state index is 14.3. The first kappa shape index (κ1) is 35.3. The number of rotatable bonds is 12. The Hall–Kier alpha value is -3.55. The molecule has 3 aromatic rings. The Kier molecular flexibility index (Phi) is 10.8. The van der Waals surface area contributed by atoms with Crippen molar-refractivity contribution in [2.75, 3.05) is 13.2 Å². The number of aryl methyl sites for hydroxylation is 1. The number of amides is 2. The van der Waals surface area contributed by atoms with Crippen molar-refractivity contribution >= 4 is 37.4 Å². The number of hydrogen-bond donors (Lipinski definition) is 2. The van der Waals surface area contributed by atoms with E-state index in [1.165, 1.54) is 6.07 Å². The van der Waals surface area contributed by atoms with E-state index in [4.69, 9.17) is 18.8 Å². The molecule has 0 saturated carbocycles. The average molecular weight is 671 g/mol. The molecule has 2 amide bonds. The summed E-state index contributed by atoms with van der Waals surface area (Å²) in [5.41, 5.74) is 4.83. The van der Waals surface area contributed by atoms with E-state index in [0.717, 1.165) is 21.7 Å². The number of aromatic nitrogens is 2. The summed E-state index contributed by atoms with van der Waals surface area (Å²) in [6.45, 7) is 18.2. The standard InChI is InChI=1S/C33H46N4O7SSi/c1-19(2)29(26-15-27(36-43-26)42-17-28(38)39)32(41)37-16-24(44-46(8,9)33(5,6)7)14-25(37)31(40)35-20(3)22-10-12-23(13-11-22)30-21(4)34-18-45-30/h10-13,15,18-20,24-25,29H,14,16-17H2,1-9H3,(H,35,40)(H,38,39)/t20-,24+,25-,29?/m0/s1. The largest absolute Gasteiger partial charge is 0.479 e. The minimum atomic E-state index is -2.21. The fourth-order valence-corrected chi connectivity index (χ4v) is 7.57. The van der Waals surface area contributed by atoms with E-state index >= 15 is 0 Å². The van der Waals surface area contributed by atoms with Gasteiger partial charge < -0.3 is 29.0 Å². The van der Waals surface area contributed by atoms with Gasteiger partial charge in [-0.3, -0.25) is 9.59 Å². The summed E-state index contributed by atoms with van der Waals surface area (Å²) in [7, 11) is -2.21. The van der Waals surface area contributed by atoms with Crippen LogP contribution in [-0.4, -0.2) is 71.5 Å². The SMILES string of the molecule is Cc1ncsc1-c1ccc([C@H](C)NC(=O)[C@@H]2C[C@@H](O[Si](C)(C)C(C)(C)C)CN2C(=O)C(c2cc(OCC(=O)O)no2)C(C)C)cc1. The molecule has 2 N–H and O–H groups in total. The lowest BCUT2D eigenvalue weighted by molar-refractivity contribution is -0.141. The highest BCUT2D eigenvalue weighted by Gasteiger charge is 2.47. The van der Waals surface area contributed by atoms with Crippen LogP contribution in [0.3, 0.4) is 0 Å². The van der Waals surface area contributed by atoms with E-state index in [0.29, 0.717) is 6.42 Å². The number of nitrogens with zero attached hydrogens (tertiary/aromatic N) is 3. The third-order valence-electron chi connectivity index (χ3n) is 8.98. The molecule has 250 valence electrons. The zero-order chi connectivity index (χ0) is 34.0. The maximum absolute atomic E-state index is 14.3. The number of carboxylic acids is 1. The predicted octanol–water partition coefficient (Wildman–Crippen LogP) is 6.18. The fraction of sp³-hybridized carbons (Fsp3) is 0.545. The molecular formula is C33H46N4O7SSi. The number of hydrogen-bond acceptors (Lipinski definition) is 9. The third-order valence-corrected chi connectivity index (χ3v) is 14.5. The van der Waals surface area contributed by atoms with E-state index in [1.54, 1.807) is 16.2 Å². The number of thiazole rings is 1. The number of likely N-dealkylation sites (tertiary alicyclic amines) is 1. The molecule has 1 fully saturated rings. The summed E-state index contributed by atoms with van der Waals surface area (Å²) >= 11 is 1.59. The van der Waals surface area contributed by atoms with Crippen molar-refractivity contribution in [2.45, 2.75) is 97.1 Å². The molecule has 46 heavy (non-hydrogen) atoms. The first-order valence-corrected chi connectivity index (χ1v) is 19.4. The van der Waals surface area contributed by atoms with Gasteiger partial charge in [0.05, 0.1) is 28.2 Å². The molecule has 0 spiro atoms. The molecule has 4 rings (SSSR count). The van der Waals surface area contributed by atoms with Gasteiger partial charge in [0.15, 0.2) is 20.7 Å². The lowest BCUT2D eigenvalue weighted by Crippen LogP contribution is -2.48. The average Bonchev–Trinajstić information content (AvgIpc) is 3.71. The van der Waals surface area contributed by atoms with Crippen LogP contribution in [0.4, 0.5) is 0 Å². The normalized spacial score (nSPS) is 18.4. The Bertz CT molecular complexity index is 1530. The number of aliphatic carboxylic acids is 1. The summed E-state index contributed by atoms with van der Waals surface area (Å²) in [6, 6.07) is 8.46. The van der Waals surface area contributed by atoms with Crippen molar-refractivity contribution in [3.63, 3.8) is 0 Å². The van der Waals surface area contributed by atoms with Gasteiger partial charge in [0, 0.05) is 19.0 Å². The van der Waals surface area contributed by atoms with Gasteiger partial charge in [-0.15, -0.1) is 11.3 Å².